The van der Waals surface area contributed by atoms with E-state index in [9.17, 15) is 9.90 Å². The Labute approximate surface area is 170 Å². The lowest BCUT2D eigenvalue weighted by atomic mass is 10.0. The van der Waals surface area contributed by atoms with Gasteiger partial charge in [0, 0.05) is 16.3 Å². The van der Waals surface area contributed by atoms with Gasteiger partial charge in [-0.15, -0.1) is 0 Å². The van der Waals surface area contributed by atoms with E-state index in [0.29, 0.717) is 23.2 Å². The predicted molar refractivity (Wildman–Crippen MR) is 115 cm³/mol. The fraction of sp³-hybridized carbons (Fsp3) is 0.0870. The molecule has 0 radical (unpaired) electrons. The molecule has 0 fully saturated rings. The first-order valence-electron chi connectivity index (χ1n) is 8.82. The van der Waals surface area contributed by atoms with Crippen molar-refractivity contribution < 1.29 is 9.84 Å². The summed E-state index contributed by atoms with van der Waals surface area (Å²) < 4.78 is 7.69. The molecule has 0 aliphatic rings. The summed E-state index contributed by atoms with van der Waals surface area (Å²) in [6, 6.07) is 22.1. The van der Waals surface area contributed by atoms with Gasteiger partial charge in [-0.1, -0.05) is 42.5 Å². The minimum atomic E-state index is -0.104. The molecule has 3 aromatic carbocycles. The Bertz CT molecular complexity index is 1210. The third kappa shape index (κ3) is 3.18. The zero-order chi connectivity index (χ0) is 19.7. The summed E-state index contributed by atoms with van der Waals surface area (Å²) in [5, 5.41) is 11.9. The topological polar surface area (TPSA) is 51.5 Å². The predicted octanol–water partition coefficient (Wildman–Crippen LogP) is 5.19. The highest BCUT2D eigenvalue weighted by atomic mass is 79.9. The van der Waals surface area contributed by atoms with Crippen LogP contribution in [0.1, 0.15) is 5.56 Å². The molecule has 1 aromatic heterocycles. The molecule has 5 heteroatoms. The average Bonchev–Trinajstić information content (AvgIpc) is 2.73. The number of halogens is 1. The molecule has 0 amide bonds. The van der Waals surface area contributed by atoms with Crippen molar-refractivity contribution in [2.24, 2.45) is 0 Å². The lowest BCUT2D eigenvalue weighted by Crippen LogP contribution is -2.23. The van der Waals surface area contributed by atoms with Crippen LogP contribution in [0.4, 0.5) is 0 Å². The van der Waals surface area contributed by atoms with E-state index in [2.05, 4.69) is 15.9 Å². The Morgan fingerprint density at radius 3 is 2.25 bits per heavy atom. The highest BCUT2D eigenvalue weighted by Crippen LogP contribution is 2.37. The van der Waals surface area contributed by atoms with Crippen molar-refractivity contribution >= 4 is 26.7 Å². The van der Waals surface area contributed by atoms with Gasteiger partial charge in [0.15, 0.2) is 0 Å². The third-order valence-corrected chi connectivity index (χ3v) is 5.58. The van der Waals surface area contributed by atoms with E-state index < -0.39 is 0 Å². The number of methoxy groups -OCH3 is 1. The zero-order valence-corrected chi connectivity index (χ0v) is 16.8. The van der Waals surface area contributed by atoms with Crippen LogP contribution < -0.4 is 10.3 Å². The minimum Gasteiger partial charge on any atom is -0.507 e. The number of phenolic OH excluding ortho intramolecular Hbond substituents is 1. The van der Waals surface area contributed by atoms with Crippen LogP contribution >= 0.6 is 15.9 Å². The first kappa shape index (κ1) is 18.3. The van der Waals surface area contributed by atoms with Gasteiger partial charge in [-0.2, -0.15) is 0 Å². The molecule has 1 heterocycles. The maximum atomic E-state index is 13.3. The smallest absolute Gasteiger partial charge is 0.259 e. The van der Waals surface area contributed by atoms with Crippen molar-refractivity contribution in [2.45, 2.75) is 6.54 Å². The standard InChI is InChI=1S/C23H18BrNO3/c1-28-16-12-10-15(11-13-16)14-25-22(19-8-4-5-9-20(19)26)21(24)17-6-2-3-7-18(17)23(25)27/h2-13,26H,14H2,1H3. The van der Waals surface area contributed by atoms with Gasteiger partial charge in [-0.05, 0) is 51.8 Å². The number of ether oxygens (including phenoxy) is 1. The molecule has 4 nitrogen and oxygen atoms in total. The SMILES string of the molecule is COc1ccc(Cn2c(-c3ccccc3O)c(Br)c3ccccc3c2=O)cc1. The van der Waals surface area contributed by atoms with Crippen molar-refractivity contribution in [3.63, 3.8) is 0 Å². The third-order valence-electron chi connectivity index (χ3n) is 4.78. The van der Waals surface area contributed by atoms with Crippen molar-refractivity contribution in [3.05, 3.63) is 93.2 Å². The number of hydrogen-bond acceptors (Lipinski definition) is 3. The second kappa shape index (κ2) is 7.52. The van der Waals surface area contributed by atoms with E-state index in [-0.39, 0.29) is 11.3 Å². The van der Waals surface area contributed by atoms with E-state index in [1.165, 1.54) is 0 Å². The number of aromatic hydroxyl groups is 1. The monoisotopic (exact) mass is 435 g/mol. The molecule has 28 heavy (non-hydrogen) atoms. The number of rotatable bonds is 4. The van der Waals surface area contributed by atoms with Crippen LogP contribution in [0.2, 0.25) is 0 Å². The van der Waals surface area contributed by atoms with Gasteiger partial charge in [0.2, 0.25) is 0 Å². The molecule has 4 aromatic rings. The molecular formula is C23H18BrNO3. The first-order valence-corrected chi connectivity index (χ1v) is 9.62. The molecule has 1 N–H and O–H groups in total. The Hall–Kier alpha value is -3.05. The highest BCUT2D eigenvalue weighted by molar-refractivity contribution is 9.10. The fourth-order valence-corrected chi connectivity index (χ4v) is 4.13. The van der Waals surface area contributed by atoms with Crippen LogP contribution in [0.3, 0.4) is 0 Å². The Balaban J connectivity index is 2.00. The Morgan fingerprint density at radius 2 is 1.57 bits per heavy atom. The number of para-hydroxylation sites is 1. The van der Waals surface area contributed by atoms with Crippen molar-refractivity contribution in [1.29, 1.82) is 0 Å². The molecule has 0 saturated carbocycles. The van der Waals surface area contributed by atoms with Gasteiger partial charge < -0.3 is 14.4 Å². The van der Waals surface area contributed by atoms with Gasteiger partial charge in [-0.3, -0.25) is 4.79 Å². The summed E-state index contributed by atoms with van der Waals surface area (Å²) in [7, 11) is 1.62. The summed E-state index contributed by atoms with van der Waals surface area (Å²) in [4.78, 5) is 13.3. The van der Waals surface area contributed by atoms with Crippen LogP contribution in [0.5, 0.6) is 11.5 Å². The second-order valence-corrected chi connectivity index (χ2v) is 7.26. The molecule has 0 spiro atoms. The first-order chi connectivity index (χ1) is 13.6. The van der Waals surface area contributed by atoms with Crippen LogP contribution in [0.15, 0.2) is 82.1 Å². The average molecular weight is 436 g/mol. The summed E-state index contributed by atoms with van der Waals surface area (Å²) >= 11 is 3.68. The van der Waals surface area contributed by atoms with Gasteiger partial charge in [-0.25, -0.2) is 0 Å². The lowest BCUT2D eigenvalue weighted by molar-refractivity contribution is 0.414. The fourth-order valence-electron chi connectivity index (χ4n) is 3.36. The molecule has 0 atom stereocenters. The molecule has 4 rings (SSSR count). The normalized spacial score (nSPS) is 10.9. The molecule has 0 unspecified atom stereocenters. The maximum Gasteiger partial charge on any atom is 0.259 e. The number of pyridine rings is 1. The number of benzene rings is 3. The number of nitrogens with zero attached hydrogens (tertiary/aromatic N) is 1. The zero-order valence-electron chi connectivity index (χ0n) is 15.2. The van der Waals surface area contributed by atoms with Crippen molar-refractivity contribution in [2.75, 3.05) is 7.11 Å². The number of aromatic nitrogens is 1. The van der Waals surface area contributed by atoms with Crippen LogP contribution in [0, 0.1) is 0 Å². The summed E-state index contributed by atoms with van der Waals surface area (Å²) in [5.74, 6) is 0.887. The lowest BCUT2D eigenvalue weighted by Gasteiger charge is -2.18. The molecule has 0 saturated heterocycles. The number of hydrogen-bond donors (Lipinski definition) is 1. The Kier molecular flexibility index (Phi) is 4.92. The van der Waals surface area contributed by atoms with Gasteiger partial charge in [0.1, 0.15) is 11.5 Å². The van der Waals surface area contributed by atoms with Crippen LogP contribution in [0.25, 0.3) is 22.0 Å². The molecule has 0 aliphatic heterocycles. The van der Waals surface area contributed by atoms with E-state index in [0.717, 1.165) is 21.2 Å². The summed E-state index contributed by atoms with van der Waals surface area (Å²) in [6.45, 7) is 0.371. The van der Waals surface area contributed by atoms with Crippen LogP contribution in [-0.2, 0) is 6.54 Å². The highest BCUT2D eigenvalue weighted by Gasteiger charge is 2.19. The maximum absolute atomic E-state index is 13.3. The van der Waals surface area contributed by atoms with Gasteiger partial charge in [0.25, 0.3) is 5.56 Å². The number of fused-ring (bicyclic) bond motifs is 1. The van der Waals surface area contributed by atoms with E-state index in [4.69, 9.17) is 4.74 Å². The van der Waals surface area contributed by atoms with Crippen molar-refractivity contribution in [3.8, 4) is 22.8 Å². The van der Waals surface area contributed by atoms with E-state index >= 15 is 0 Å². The Morgan fingerprint density at radius 1 is 0.929 bits per heavy atom. The molecule has 140 valence electrons. The largest absolute Gasteiger partial charge is 0.507 e. The quantitative estimate of drug-likeness (QED) is 0.479. The van der Waals surface area contributed by atoms with Gasteiger partial charge in [0.05, 0.1) is 23.8 Å². The molecular weight excluding hydrogens is 418 g/mol. The van der Waals surface area contributed by atoms with E-state index in [1.807, 2.05) is 60.7 Å². The second-order valence-electron chi connectivity index (χ2n) is 6.46. The summed E-state index contributed by atoms with van der Waals surface area (Å²) in [5.41, 5.74) is 2.11. The van der Waals surface area contributed by atoms with E-state index in [1.54, 1.807) is 23.8 Å². The molecule has 0 bridgehead atoms. The van der Waals surface area contributed by atoms with Crippen LogP contribution in [-0.4, -0.2) is 16.8 Å². The molecule has 0 aliphatic carbocycles. The summed E-state index contributed by atoms with van der Waals surface area (Å²) in [6.07, 6.45) is 0. The number of phenols is 1. The van der Waals surface area contributed by atoms with Gasteiger partial charge >= 0.3 is 0 Å². The van der Waals surface area contributed by atoms with Crippen molar-refractivity contribution in [1.82, 2.24) is 4.57 Å². The minimum absolute atomic E-state index is 0.104.